The molecule has 2 rings (SSSR count). The first-order valence-electron chi connectivity index (χ1n) is 6.01. The molecule has 0 aliphatic carbocycles. The SMILES string of the molecule is Cc1ccc(S(C)(=O)=O)cc1NC(=O)c1ccnc(Cl)c1. The molecule has 5 nitrogen and oxygen atoms in total. The normalized spacial score (nSPS) is 11.2. The lowest BCUT2D eigenvalue weighted by Gasteiger charge is -2.10. The molecule has 110 valence electrons. The van der Waals surface area contributed by atoms with Gasteiger partial charge in [0, 0.05) is 23.7 Å². The largest absolute Gasteiger partial charge is 0.322 e. The molecule has 0 bridgehead atoms. The second-order valence-corrected chi connectivity index (χ2v) is 6.97. The van der Waals surface area contributed by atoms with Gasteiger partial charge in [0.05, 0.1) is 4.90 Å². The standard InChI is InChI=1S/C14H13ClN2O3S/c1-9-3-4-11(21(2,19)20)8-12(9)17-14(18)10-5-6-16-13(15)7-10/h3-8H,1-2H3,(H,17,18). The minimum Gasteiger partial charge on any atom is -0.322 e. The Morgan fingerprint density at radius 3 is 2.57 bits per heavy atom. The van der Waals surface area contributed by atoms with Crippen LogP contribution >= 0.6 is 11.6 Å². The maximum Gasteiger partial charge on any atom is 0.255 e. The molecule has 0 spiro atoms. The summed E-state index contributed by atoms with van der Waals surface area (Å²) >= 11 is 5.74. The molecule has 2 aromatic rings. The van der Waals surface area contributed by atoms with Crippen LogP contribution in [0.15, 0.2) is 41.4 Å². The van der Waals surface area contributed by atoms with Crippen molar-refractivity contribution in [3.63, 3.8) is 0 Å². The van der Waals surface area contributed by atoms with Crippen LogP contribution in [0.2, 0.25) is 5.15 Å². The number of rotatable bonds is 3. The Labute approximate surface area is 127 Å². The molecule has 0 unspecified atom stereocenters. The van der Waals surface area contributed by atoms with Crippen LogP contribution in [0.5, 0.6) is 0 Å². The number of sulfone groups is 1. The van der Waals surface area contributed by atoms with Gasteiger partial charge in [-0.3, -0.25) is 4.79 Å². The fourth-order valence-corrected chi connectivity index (χ4v) is 2.53. The van der Waals surface area contributed by atoms with Crippen molar-refractivity contribution in [3.8, 4) is 0 Å². The summed E-state index contributed by atoms with van der Waals surface area (Å²) in [6.07, 6.45) is 2.54. The lowest BCUT2D eigenvalue weighted by Crippen LogP contribution is -2.13. The summed E-state index contributed by atoms with van der Waals surface area (Å²) < 4.78 is 23.1. The Morgan fingerprint density at radius 1 is 1.24 bits per heavy atom. The summed E-state index contributed by atoms with van der Waals surface area (Å²) in [5.74, 6) is -0.381. The van der Waals surface area contributed by atoms with E-state index in [1.54, 1.807) is 13.0 Å². The molecule has 0 aliphatic rings. The molecule has 0 fully saturated rings. The van der Waals surface area contributed by atoms with E-state index in [1.807, 2.05) is 0 Å². The van der Waals surface area contributed by atoms with Gasteiger partial charge < -0.3 is 5.32 Å². The van der Waals surface area contributed by atoms with Crippen LogP contribution in [0.3, 0.4) is 0 Å². The first-order valence-corrected chi connectivity index (χ1v) is 8.28. The molecule has 0 aliphatic heterocycles. The van der Waals surface area contributed by atoms with Gasteiger partial charge in [0.25, 0.3) is 5.91 Å². The van der Waals surface area contributed by atoms with Gasteiger partial charge in [-0.1, -0.05) is 17.7 Å². The van der Waals surface area contributed by atoms with Gasteiger partial charge in [-0.05, 0) is 36.8 Å². The number of anilines is 1. The maximum absolute atomic E-state index is 12.1. The Hall–Kier alpha value is -1.92. The molecule has 0 atom stereocenters. The second-order valence-electron chi connectivity index (χ2n) is 4.57. The van der Waals surface area contributed by atoms with E-state index >= 15 is 0 Å². The van der Waals surface area contributed by atoms with E-state index in [0.717, 1.165) is 11.8 Å². The molecule has 0 saturated heterocycles. The van der Waals surface area contributed by atoms with Crippen molar-refractivity contribution in [2.75, 3.05) is 11.6 Å². The first-order chi connectivity index (χ1) is 9.77. The molecule has 1 aromatic heterocycles. The summed E-state index contributed by atoms with van der Waals surface area (Å²) in [5.41, 5.74) is 1.55. The number of carbonyl (C=O) groups excluding carboxylic acids is 1. The van der Waals surface area contributed by atoms with Crippen molar-refractivity contribution >= 4 is 33.0 Å². The zero-order valence-corrected chi connectivity index (χ0v) is 13.0. The van der Waals surface area contributed by atoms with E-state index in [-0.39, 0.29) is 16.0 Å². The number of aryl methyl sites for hydroxylation is 1. The van der Waals surface area contributed by atoms with Crippen LogP contribution in [0.25, 0.3) is 0 Å². The predicted molar refractivity (Wildman–Crippen MR) is 81.5 cm³/mol. The number of benzene rings is 1. The quantitative estimate of drug-likeness (QED) is 0.881. The summed E-state index contributed by atoms with van der Waals surface area (Å²) in [6, 6.07) is 7.55. The molecular weight excluding hydrogens is 312 g/mol. The van der Waals surface area contributed by atoms with Crippen LogP contribution in [0.1, 0.15) is 15.9 Å². The Bertz CT molecular complexity index is 804. The van der Waals surface area contributed by atoms with Crippen LogP contribution in [0, 0.1) is 6.92 Å². The number of amides is 1. The monoisotopic (exact) mass is 324 g/mol. The number of nitrogens with zero attached hydrogens (tertiary/aromatic N) is 1. The van der Waals surface area contributed by atoms with E-state index in [4.69, 9.17) is 11.6 Å². The third-order valence-corrected chi connectivity index (χ3v) is 4.19. The number of carbonyl (C=O) groups is 1. The van der Waals surface area contributed by atoms with Crippen molar-refractivity contribution < 1.29 is 13.2 Å². The van der Waals surface area contributed by atoms with E-state index in [1.165, 1.54) is 30.5 Å². The van der Waals surface area contributed by atoms with E-state index in [2.05, 4.69) is 10.3 Å². The van der Waals surface area contributed by atoms with Crippen molar-refractivity contribution in [1.29, 1.82) is 0 Å². The third kappa shape index (κ3) is 3.80. The van der Waals surface area contributed by atoms with E-state index < -0.39 is 9.84 Å². The topological polar surface area (TPSA) is 76.1 Å². The summed E-state index contributed by atoms with van der Waals surface area (Å²) in [4.78, 5) is 16.1. The number of aromatic nitrogens is 1. The predicted octanol–water partition coefficient (Wildman–Crippen LogP) is 2.70. The van der Waals surface area contributed by atoms with Crippen molar-refractivity contribution in [1.82, 2.24) is 4.98 Å². The van der Waals surface area contributed by atoms with Gasteiger partial charge >= 0.3 is 0 Å². The highest BCUT2D eigenvalue weighted by molar-refractivity contribution is 7.90. The Kier molecular flexibility index (Phi) is 4.29. The zero-order valence-electron chi connectivity index (χ0n) is 11.4. The summed E-state index contributed by atoms with van der Waals surface area (Å²) in [7, 11) is -3.33. The molecule has 7 heteroatoms. The molecule has 1 amide bonds. The summed E-state index contributed by atoms with van der Waals surface area (Å²) in [5, 5.41) is 2.89. The Balaban J connectivity index is 2.33. The van der Waals surface area contributed by atoms with E-state index in [0.29, 0.717) is 11.3 Å². The number of nitrogens with one attached hydrogen (secondary N) is 1. The van der Waals surface area contributed by atoms with Crippen molar-refractivity contribution in [3.05, 3.63) is 52.8 Å². The lowest BCUT2D eigenvalue weighted by molar-refractivity contribution is 0.102. The van der Waals surface area contributed by atoms with Crippen LogP contribution in [-0.2, 0) is 9.84 Å². The summed E-state index contributed by atoms with van der Waals surface area (Å²) in [6.45, 7) is 1.78. The highest BCUT2D eigenvalue weighted by atomic mass is 35.5. The molecule has 1 aromatic carbocycles. The van der Waals surface area contributed by atoms with E-state index in [9.17, 15) is 13.2 Å². The van der Waals surface area contributed by atoms with Crippen LogP contribution in [-0.4, -0.2) is 25.6 Å². The second kappa shape index (κ2) is 5.83. The van der Waals surface area contributed by atoms with Gasteiger partial charge in [-0.2, -0.15) is 0 Å². The molecule has 0 radical (unpaired) electrons. The van der Waals surface area contributed by atoms with Crippen LogP contribution in [0.4, 0.5) is 5.69 Å². The van der Waals surface area contributed by atoms with Crippen molar-refractivity contribution in [2.24, 2.45) is 0 Å². The molecule has 21 heavy (non-hydrogen) atoms. The van der Waals surface area contributed by atoms with Gasteiger partial charge in [0.1, 0.15) is 5.15 Å². The van der Waals surface area contributed by atoms with Crippen LogP contribution < -0.4 is 5.32 Å². The third-order valence-electron chi connectivity index (χ3n) is 2.87. The molecule has 0 saturated carbocycles. The lowest BCUT2D eigenvalue weighted by atomic mass is 10.2. The minimum atomic E-state index is -3.33. The molecular formula is C14H13ClN2O3S. The van der Waals surface area contributed by atoms with Gasteiger partial charge in [-0.25, -0.2) is 13.4 Å². The smallest absolute Gasteiger partial charge is 0.255 e. The number of halogens is 1. The molecule has 1 N–H and O–H groups in total. The number of hydrogen-bond donors (Lipinski definition) is 1. The van der Waals surface area contributed by atoms with Gasteiger partial charge in [0.15, 0.2) is 9.84 Å². The van der Waals surface area contributed by atoms with Crippen molar-refractivity contribution in [2.45, 2.75) is 11.8 Å². The highest BCUT2D eigenvalue weighted by Gasteiger charge is 2.12. The maximum atomic E-state index is 12.1. The average molecular weight is 325 g/mol. The number of hydrogen-bond acceptors (Lipinski definition) is 4. The number of pyridine rings is 1. The van der Waals surface area contributed by atoms with Gasteiger partial charge in [0.2, 0.25) is 0 Å². The fourth-order valence-electron chi connectivity index (χ4n) is 1.70. The minimum absolute atomic E-state index is 0.149. The van der Waals surface area contributed by atoms with Gasteiger partial charge in [-0.15, -0.1) is 0 Å². The first kappa shape index (κ1) is 15.5. The Morgan fingerprint density at radius 2 is 1.95 bits per heavy atom. The fraction of sp³-hybridized carbons (Fsp3) is 0.143. The highest BCUT2D eigenvalue weighted by Crippen LogP contribution is 2.21. The molecule has 1 heterocycles. The average Bonchev–Trinajstić information content (AvgIpc) is 2.40. The zero-order chi connectivity index (χ0) is 15.6.